The molecule has 0 radical (unpaired) electrons. The molecular weight excluding hydrogens is 278 g/mol. The smallest absolute Gasteiger partial charge is 0.259 e. The molecular formula is C18H21NOS. The van der Waals surface area contributed by atoms with Crippen LogP contribution in [-0.2, 0) is 0 Å². The third kappa shape index (κ3) is 3.88. The second-order valence-corrected chi connectivity index (χ2v) is 5.69. The van der Waals surface area contributed by atoms with Crippen molar-refractivity contribution in [2.75, 3.05) is 17.7 Å². The van der Waals surface area contributed by atoms with Crippen LogP contribution in [0.3, 0.4) is 0 Å². The topological polar surface area (TPSA) is 20.3 Å². The Balaban J connectivity index is 2.34. The SMILES string of the molecule is CCCCN(C(=O)c1ccccc1SC)c1ccccc1. The molecule has 2 rings (SSSR count). The lowest BCUT2D eigenvalue weighted by molar-refractivity contribution is 0.0984. The molecule has 0 saturated carbocycles. The van der Waals surface area contributed by atoms with E-state index in [0.717, 1.165) is 35.5 Å². The monoisotopic (exact) mass is 299 g/mol. The fourth-order valence-corrected chi connectivity index (χ4v) is 2.83. The number of hydrogen-bond acceptors (Lipinski definition) is 2. The summed E-state index contributed by atoms with van der Waals surface area (Å²) < 4.78 is 0. The van der Waals surface area contributed by atoms with Crippen molar-refractivity contribution in [3.63, 3.8) is 0 Å². The maximum absolute atomic E-state index is 12.9. The molecule has 0 bridgehead atoms. The average Bonchev–Trinajstić information content (AvgIpc) is 2.56. The first-order valence-electron chi connectivity index (χ1n) is 7.28. The van der Waals surface area contributed by atoms with Crippen LogP contribution < -0.4 is 4.90 Å². The van der Waals surface area contributed by atoms with Gasteiger partial charge in [-0.2, -0.15) is 0 Å². The maximum atomic E-state index is 12.9. The molecule has 3 heteroatoms. The van der Waals surface area contributed by atoms with Crippen LogP contribution in [0.5, 0.6) is 0 Å². The van der Waals surface area contributed by atoms with Crippen molar-refractivity contribution in [3.8, 4) is 0 Å². The van der Waals surface area contributed by atoms with Crippen LogP contribution in [0.25, 0.3) is 0 Å². The molecule has 0 heterocycles. The molecule has 110 valence electrons. The van der Waals surface area contributed by atoms with Crippen molar-refractivity contribution in [2.45, 2.75) is 24.7 Å². The fourth-order valence-electron chi connectivity index (χ4n) is 2.24. The molecule has 0 aliphatic rings. The van der Waals surface area contributed by atoms with Gasteiger partial charge in [-0.15, -0.1) is 11.8 Å². The summed E-state index contributed by atoms with van der Waals surface area (Å²) in [5.74, 6) is 0.0830. The molecule has 0 aromatic heterocycles. The van der Waals surface area contributed by atoms with Gasteiger partial charge in [-0.1, -0.05) is 43.7 Å². The predicted molar refractivity (Wildman–Crippen MR) is 91.2 cm³/mol. The highest BCUT2D eigenvalue weighted by Gasteiger charge is 2.19. The Bertz CT molecular complexity index is 583. The molecule has 0 aliphatic carbocycles. The van der Waals surface area contributed by atoms with E-state index < -0.39 is 0 Å². The van der Waals surface area contributed by atoms with Crippen molar-refractivity contribution in [1.82, 2.24) is 0 Å². The highest BCUT2D eigenvalue weighted by atomic mass is 32.2. The van der Waals surface area contributed by atoms with Crippen LogP contribution in [-0.4, -0.2) is 18.7 Å². The number of carbonyl (C=O) groups excluding carboxylic acids is 1. The molecule has 2 aromatic rings. The van der Waals surface area contributed by atoms with E-state index >= 15 is 0 Å². The zero-order chi connectivity index (χ0) is 15.1. The first-order chi connectivity index (χ1) is 10.3. The first-order valence-corrected chi connectivity index (χ1v) is 8.50. The summed E-state index contributed by atoms with van der Waals surface area (Å²) in [7, 11) is 0. The van der Waals surface area contributed by atoms with Gasteiger partial charge in [-0.25, -0.2) is 0 Å². The summed E-state index contributed by atoms with van der Waals surface area (Å²) in [4.78, 5) is 15.9. The summed E-state index contributed by atoms with van der Waals surface area (Å²) in [5.41, 5.74) is 1.75. The minimum atomic E-state index is 0.0830. The van der Waals surface area contributed by atoms with E-state index in [0.29, 0.717) is 0 Å². The van der Waals surface area contributed by atoms with Crippen LogP contribution in [0.1, 0.15) is 30.1 Å². The van der Waals surface area contributed by atoms with E-state index in [1.807, 2.05) is 65.8 Å². The minimum absolute atomic E-state index is 0.0830. The van der Waals surface area contributed by atoms with Crippen molar-refractivity contribution < 1.29 is 4.79 Å². The average molecular weight is 299 g/mol. The van der Waals surface area contributed by atoms with Crippen LogP contribution in [0.2, 0.25) is 0 Å². The van der Waals surface area contributed by atoms with Crippen molar-refractivity contribution in [1.29, 1.82) is 0 Å². The van der Waals surface area contributed by atoms with Gasteiger partial charge in [-0.05, 0) is 36.9 Å². The van der Waals surface area contributed by atoms with E-state index in [1.165, 1.54) is 0 Å². The first kappa shape index (κ1) is 15.6. The summed E-state index contributed by atoms with van der Waals surface area (Å²) in [6.07, 6.45) is 4.08. The number of anilines is 1. The Morgan fingerprint density at radius 3 is 2.38 bits per heavy atom. The highest BCUT2D eigenvalue weighted by Crippen LogP contribution is 2.24. The van der Waals surface area contributed by atoms with Crippen molar-refractivity contribution >= 4 is 23.4 Å². The Hall–Kier alpha value is -1.74. The largest absolute Gasteiger partial charge is 0.308 e. The van der Waals surface area contributed by atoms with Crippen molar-refractivity contribution in [2.24, 2.45) is 0 Å². The van der Waals surface area contributed by atoms with Gasteiger partial charge in [0.05, 0.1) is 5.56 Å². The Morgan fingerprint density at radius 1 is 1.05 bits per heavy atom. The molecule has 0 saturated heterocycles. The standard InChI is InChI=1S/C18H21NOS/c1-3-4-14-19(15-10-6-5-7-11-15)18(20)16-12-8-9-13-17(16)21-2/h5-13H,3-4,14H2,1-2H3. The van der Waals surface area contributed by atoms with Crippen LogP contribution in [0, 0.1) is 0 Å². The molecule has 0 unspecified atom stereocenters. The number of unbranched alkanes of at least 4 members (excludes halogenated alkanes) is 1. The molecule has 0 N–H and O–H groups in total. The van der Waals surface area contributed by atoms with Gasteiger partial charge in [0.15, 0.2) is 0 Å². The molecule has 0 fully saturated rings. The molecule has 2 nitrogen and oxygen atoms in total. The van der Waals surface area contributed by atoms with Gasteiger partial charge in [0.25, 0.3) is 5.91 Å². The van der Waals surface area contributed by atoms with E-state index in [2.05, 4.69) is 6.92 Å². The maximum Gasteiger partial charge on any atom is 0.259 e. The molecule has 21 heavy (non-hydrogen) atoms. The number of amides is 1. The number of hydrogen-bond donors (Lipinski definition) is 0. The predicted octanol–water partition coefficient (Wildman–Crippen LogP) is 4.86. The van der Waals surface area contributed by atoms with Crippen LogP contribution >= 0.6 is 11.8 Å². The normalized spacial score (nSPS) is 10.4. The lowest BCUT2D eigenvalue weighted by Crippen LogP contribution is -2.32. The number of rotatable bonds is 6. The molecule has 1 amide bonds. The van der Waals surface area contributed by atoms with Crippen LogP contribution in [0.4, 0.5) is 5.69 Å². The number of nitrogens with zero attached hydrogens (tertiary/aromatic N) is 1. The fraction of sp³-hybridized carbons (Fsp3) is 0.278. The molecule has 2 aromatic carbocycles. The second kappa shape index (κ2) is 7.89. The summed E-state index contributed by atoms with van der Waals surface area (Å²) >= 11 is 1.61. The number of carbonyl (C=O) groups is 1. The lowest BCUT2D eigenvalue weighted by atomic mass is 10.1. The number of thioether (sulfide) groups is 1. The zero-order valence-electron chi connectivity index (χ0n) is 12.6. The zero-order valence-corrected chi connectivity index (χ0v) is 13.4. The minimum Gasteiger partial charge on any atom is -0.308 e. The van der Waals surface area contributed by atoms with Gasteiger partial charge in [0.1, 0.15) is 0 Å². The van der Waals surface area contributed by atoms with Crippen molar-refractivity contribution in [3.05, 3.63) is 60.2 Å². The lowest BCUT2D eigenvalue weighted by Gasteiger charge is -2.23. The van der Waals surface area contributed by atoms with E-state index in [9.17, 15) is 4.79 Å². The Kier molecular flexibility index (Phi) is 5.88. The summed E-state index contributed by atoms with van der Waals surface area (Å²) in [5, 5.41) is 0. The van der Waals surface area contributed by atoms with Gasteiger partial charge < -0.3 is 4.90 Å². The third-order valence-corrected chi connectivity index (χ3v) is 4.18. The quantitative estimate of drug-likeness (QED) is 0.710. The van der Waals surface area contributed by atoms with E-state index in [1.54, 1.807) is 11.8 Å². The van der Waals surface area contributed by atoms with Gasteiger partial charge >= 0.3 is 0 Å². The highest BCUT2D eigenvalue weighted by molar-refractivity contribution is 7.98. The summed E-state index contributed by atoms with van der Waals surface area (Å²) in [6.45, 7) is 2.89. The molecule has 0 aliphatic heterocycles. The third-order valence-electron chi connectivity index (χ3n) is 3.39. The Morgan fingerprint density at radius 2 is 1.71 bits per heavy atom. The second-order valence-electron chi connectivity index (χ2n) is 4.85. The van der Waals surface area contributed by atoms with E-state index in [4.69, 9.17) is 0 Å². The van der Waals surface area contributed by atoms with Gasteiger partial charge in [-0.3, -0.25) is 4.79 Å². The summed E-state index contributed by atoms with van der Waals surface area (Å²) in [6, 6.07) is 17.7. The number of benzene rings is 2. The Labute approximate surface area is 131 Å². The molecule has 0 spiro atoms. The van der Waals surface area contributed by atoms with Crippen LogP contribution in [0.15, 0.2) is 59.5 Å². The van der Waals surface area contributed by atoms with Gasteiger partial charge in [0.2, 0.25) is 0 Å². The van der Waals surface area contributed by atoms with E-state index in [-0.39, 0.29) is 5.91 Å². The molecule has 0 atom stereocenters. The van der Waals surface area contributed by atoms with Gasteiger partial charge in [0, 0.05) is 17.1 Å². The number of para-hydroxylation sites is 1.